The molecule has 1 atom stereocenters. The van der Waals surface area contributed by atoms with Crippen LogP contribution in [0.2, 0.25) is 0 Å². The van der Waals surface area contributed by atoms with E-state index in [-0.39, 0.29) is 18.2 Å². The van der Waals surface area contributed by atoms with Crippen LogP contribution in [-0.2, 0) is 9.53 Å². The number of carbonyl (C=O) groups excluding carboxylic acids is 3. The van der Waals surface area contributed by atoms with E-state index in [1.54, 1.807) is 44.5 Å². The van der Waals surface area contributed by atoms with Crippen LogP contribution in [0.4, 0.5) is 5.69 Å². The fraction of sp³-hybridized carbons (Fsp3) is 0.381. The average Bonchev–Trinajstić information content (AvgIpc) is 3.00. The molecule has 1 aromatic heterocycles. The average molecular weight is 418 g/mol. The summed E-state index contributed by atoms with van der Waals surface area (Å²) in [5.74, 6) is -0.882. The number of carbonyl (C=O) groups is 3. The van der Waals surface area contributed by atoms with Crippen molar-refractivity contribution in [3.8, 4) is 0 Å². The molecule has 0 bridgehead atoms. The van der Waals surface area contributed by atoms with E-state index in [4.69, 9.17) is 4.74 Å². The van der Waals surface area contributed by atoms with E-state index >= 15 is 0 Å². The van der Waals surface area contributed by atoms with E-state index in [1.165, 1.54) is 7.11 Å². The van der Waals surface area contributed by atoms with Gasteiger partial charge in [-0.05, 0) is 51.8 Å². The smallest absolute Gasteiger partial charge is 0.339 e. The second kappa shape index (κ2) is 9.76. The van der Waals surface area contributed by atoms with Crippen molar-refractivity contribution < 1.29 is 19.1 Å². The van der Waals surface area contributed by atoms with Crippen LogP contribution in [-0.4, -0.2) is 60.5 Å². The lowest BCUT2D eigenvalue weighted by molar-refractivity contribution is -0.117. The Kier molecular flexibility index (Phi) is 7.64. The molecule has 0 fully saturated rings. The van der Waals surface area contributed by atoms with Gasteiger partial charge in [0.1, 0.15) is 0 Å². The number of nitrogens with one attached hydrogen (secondary N) is 2. The molecular formula is C21H27N3O4S. The lowest BCUT2D eigenvalue weighted by atomic mass is 10.0. The molecule has 0 saturated carbocycles. The van der Waals surface area contributed by atoms with Gasteiger partial charge in [-0.15, -0.1) is 11.8 Å². The summed E-state index contributed by atoms with van der Waals surface area (Å²) >= 11 is 1.55. The van der Waals surface area contributed by atoms with Crippen molar-refractivity contribution in [2.45, 2.75) is 31.7 Å². The topological polar surface area (TPSA) is 91.5 Å². The van der Waals surface area contributed by atoms with Gasteiger partial charge in [0, 0.05) is 10.6 Å². The molecule has 0 spiro atoms. The van der Waals surface area contributed by atoms with E-state index in [1.807, 2.05) is 30.5 Å². The molecule has 7 nitrogen and oxygen atoms in total. The Labute approximate surface area is 175 Å². The maximum Gasteiger partial charge on any atom is 0.339 e. The van der Waals surface area contributed by atoms with Crippen molar-refractivity contribution in [3.63, 3.8) is 0 Å². The van der Waals surface area contributed by atoms with Gasteiger partial charge in [0.2, 0.25) is 5.91 Å². The summed E-state index contributed by atoms with van der Waals surface area (Å²) < 4.78 is 4.79. The summed E-state index contributed by atoms with van der Waals surface area (Å²) in [6, 6.07) is 7.00. The summed E-state index contributed by atoms with van der Waals surface area (Å²) in [5, 5.41) is 2.89. The molecule has 1 aromatic carbocycles. The number of aromatic nitrogens is 1. The first kappa shape index (κ1) is 22.7. The molecule has 0 aliphatic heterocycles. The number of thioether (sulfide) groups is 1. The normalized spacial score (nSPS) is 12.0. The minimum absolute atomic E-state index is 0.0538. The quantitative estimate of drug-likeness (QED) is 0.389. The minimum Gasteiger partial charge on any atom is -0.465 e. The maximum atomic E-state index is 13.0. The molecule has 29 heavy (non-hydrogen) atoms. The number of nitrogens with zero attached hydrogens (tertiary/aromatic N) is 1. The van der Waals surface area contributed by atoms with E-state index in [0.717, 1.165) is 10.6 Å². The molecule has 1 amide bonds. The summed E-state index contributed by atoms with van der Waals surface area (Å²) in [6.45, 7) is 5.22. The molecule has 0 aliphatic rings. The highest BCUT2D eigenvalue weighted by Crippen LogP contribution is 2.25. The number of methoxy groups -OCH3 is 1. The predicted octanol–water partition coefficient (Wildman–Crippen LogP) is 3.28. The number of aromatic amines is 1. The van der Waals surface area contributed by atoms with Crippen LogP contribution in [0.15, 0.2) is 29.2 Å². The number of ether oxygens (including phenoxy) is 1. The van der Waals surface area contributed by atoms with E-state index < -0.39 is 12.0 Å². The number of Topliss-reactive ketones (excluding diaryl/α,β-unsaturated/α-hetero) is 1. The number of hydrogen-bond donors (Lipinski definition) is 2. The largest absolute Gasteiger partial charge is 0.465 e. The maximum absolute atomic E-state index is 13.0. The number of likely N-dealkylation sites (N-methyl/N-ethyl adjacent to an activating group) is 1. The molecule has 1 unspecified atom stereocenters. The fourth-order valence-corrected chi connectivity index (χ4v) is 3.67. The first-order chi connectivity index (χ1) is 13.7. The molecule has 0 aliphatic carbocycles. The molecule has 1 heterocycles. The Hall–Kier alpha value is -2.58. The standard InChI is InChI=1S/C21H27N3O4S/c1-12-18(21(27)28-5)13(2)22-19(12)20(26)14(3)24(4)11-17(25)23-15-9-7-8-10-16(15)29-6/h7-10,14,22H,11H2,1-6H3,(H,23,25). The third kappa shape index (κ3) is 5.07. The number of hydrogen-bond acceptors (Lipinski definition) is 6. The highest BCUT2D eigenvalue weighted by Gasteiger charge is 2.28. The number of aryl methyl sites for hydroxylation is 1. The summed E-state index contributed by atoms with van der Waals surface area (Å²) in [7, 11) is 3.02. The van der Waals surface area contributed by atoms with E-state index in [0.29, 0.717) is 22.5 Å². The molecule has 0 radical (unpaired) electrons. The lowest BCUT2D eigenvalue weighted by Gasteiger charge is -2.23. The lowest BCUT2D eigenvalue weighted by Crippen LogP contribution is -2.41. The van der Waals surface area contributed by atoms with Crippen molar-refractivity contribution in [2.24, 2.45) is 0 Å². The van der Waals surface area contributed by atoms with Gasteiger partial charge in [0.05, 0.1) is 36.6 Å². The van der Waals surface area contributed by atoms with Crippen LogP contribution in [0.1, 0.15) is 39.0 Å². The van der Waals surface area contributed by atoms with Gasteiger partial charge in [-0.25, -0.2) is 4.79 Å². The second-order valence-corrected chi connectivity index (χ2v) is 7.67. The first-order valence-electron chi connectivity index (χ1n) is 9.16. The molecule has 8 heteroatoms. The van der Waals surface area contributed by atoms with Crippen LogP contribution < -0.4 is 5.32 Å². The van der Waals surface area contributed by atoms with Crippen molar-refractivity contribution >= 4 is 35.1 Å². The molecule has 156 valence electrons. The zero-order valence-corrected chi connectivity index (χ0v) is 18.4. The van der Waals surface area contributed by atoms with Crippen molar-refractivity contribution in [1.29, 1.82) is 0 Å². The Morgan fingerprint density at radius 2 is 1.90 bits per heavy atom. The van der Waals surface area contributed by atoms with Crippen LogP contribution in [0.3, 0.4) is 0 Å². The molecular weight excluding hydrogens is 390 g/mol. The van der Waals surface area contributed by atoms with Crippen LogP contribution >= 0.6 is 11.8 Å². The number of amides is 1. The van der Waals surface area contributed by atoms with Gasteiger partial charge < -0.3 is 15.0 Å². The van der Waals surface area contributed by atoms with Crippen LogP contribution in [0, 0.1) is 13.8 Å². The first-order valence-corrected chi connectivity index (χ1v) is 10.4. The van der Waals surface area contributed by atoms with Crippen LogP contribution in [0.25, 0.3) is 0 Å². The summed E-state index contributed by atoms with van der Waals surface area (Å²) in [6.07, 6.45) is 1.95. The van der Waals surface area contributed by atoms with Gasteiger partial charge in [-0.1, -0.05) is 12.1 Å². The third-order valence-corrected chi connectivity index (χ3v) is 5.68. The Bertz CT molecular complexity index is 923. The molecule has 2 rings (SSSR count). The van der Waals surface area contributed by atoms with Crippen molar-refractivity contribution in [1.82, 2.24) is 9.88 Å². The van der Waals surface area contributed by atoms with Gasteiger partial charge in [0.15, 0.2) is 5.78 Å². The van der Waals surface area contributed by atoms with Crippen LogP contribution in [0.5, 0.6) is 0 Å². The fourth-order valence-electron chi connectivity index (χ4n) is 3.11. The van der Waals surface area contributed by atoms with Gasteiger partial charge in [0.25, 0.3) is 0 Å². The highest BCUT2D eigenvalue weighted by atomic mass is 32.2. The Morgan fingerprint density at radius 1 is 1.24 bits per heavy atom. The zero-order valence-electron chi connectivity index (χ0n) is 17.6. The number of ketones is 1. The van der Waals surface area contributed by atoms with E-state index in [2.05, 4.69) is 10.3 Å². The number of benzene rings is 1. The number of para-hydroxylation sites is 1. The Morgan fingerprint density at radius 3 is 2.52 bits per heavy atom. The zero-order chi connectivity index (χ0) is 21.7. The van der Waals surface area contributed by atoms with Gasteiger partial charge in [-0.2, -0.15) is 0 Å². The SMILES string of the molecule is COC(=O)c1c(C)[nH]c(C(=O)C(C)N(C)CC(=O)Nc2ccccc2SC)c1C. The molecule has 0 saturated heterocycles. The highest BCUT2D eigenvalue weighted by molar-refractivity contribution is 7.98. The monoisotopic (exact) mass is 417 g/mol. The number of H-pyrrole nitrogens is 1. The predicted molar refractivity (Wildman–Crippen MR) is 115 cm³/mol. The van der Waals surface area contributed by atoms with Crippen molar-refractivity contribution in [2.75, 3.05) is 32.3 Å². The molecule has 2 aromatic rings. The number of rotatable bonds is 8. The summed E-state index contributed by atoms with van der Waals surface area (Å²) in [5.41, 5.74) is 2.61. The van der Waals surface area contributed by atoms with Gasteiger partial charge >= 0.3 is 5.97 Å². The third-order valence-electron chi connectivity index (χ3n) is 4.89. The second-order valence-electron chi connectivity index (χ2n) is 6.82. The van der Waals surface area contributed by atoms with Gasteiger partial charge in [-0.3, -0.25) is 14.5 Å². The minimum atomic E-state index is -0.557. The van der Waals surface area contributed by atoms with E-state index in [9.17, 15) is 14.4 Å². The summed E-state index contributed by atoms with van der Waals surface area (Å²) in [4.78, 5) is 43.0. The number of anilines is 1. The van der Waals surface area contributed by atoms with Crippen molar-refractivity contribution in [3.05, 3.63) is 46.8 Å². The molecule has 2 N–H and O–H groups in total. The number of esters is 1. The Balaban J connectivity index is 2.10.